The van der Waals surface area contributed by atoms with Crippen LogP contribution in [0.1, 0.15) is 28.7 Å². The van der Waals surface area contributed by atoms with E-state index in [1.807, 2.05) is 12.1 Å². The zero-order chi connectivity index (χ0) is 17.8. The van der Waals surface area contributed by atoms with Crippen molar-refractivity contribution in [3.8, 4) is 5.75 Å². The van der Waals surface area contributed by atoms with Gasteiger partial charge in [0.2, 0.25) is 0 Å². The number of nitrogens with two attached hydrogens (primary N) is 1. The second-order valence-corrected chi connectivity index (χ2v) is 7.54. The van der Waals surface area contributed by atoms with Crippen LogP contribution in [-0.4, -0.2) is 31.1 Å². The summed E-state index contributed by atoms with van der Waals surface area (Å²) in [5.74, 6) is 1.53. The van der Waals surface area contributed by atoms with Gasteiger partial charge in [-0.25, -0.2) is 0 Å². The van der Waals surface area contributed by atoms with E-state index in [0.717, 1.165) is 38.2 Å². The van der Waals surface area contributed by atoms with Crippen LogP contribution in [0.4, 0.5) is 0 Å². The molecule has 0 spiro atoms. The number of methoxy groups -OCH3 is 1. The molecule has 25 heavy (non-hydrogen) atoms. The highest BCUT2D eigenvalue weighted by atomic mass is 16.5. The molecular weight excluding hydrogens is 308 g/mol. The van der Waals surface area contributed by atoms with E-state index >= 15 is 0 Å². The normalized spacial score (nSPS) is 21.3. The number of ether oxygens (including phenoxy) is 1. The predicted molar refractivity (Wildman–Crippen MR) is 104 cm³/mol. The van der Waals surface area contributed by atoms with Crippen molar-refractivity contribution in [1.29, 1.82) is 0 Å². The number of hydrogen-bond donors (Lipinski definition) is 1. The van der Waals surface area contributed by atoms with E-state index in [0.29, 0.717) is 5.92 Å². The van der Waals surface area contributed by atoms with E-state index in [1.165, 1.54) is 22.3 Å². The number of piperidine rings is 1. The number of nitrogens with zero attached hydrogens (tertiary/aromatic N) is 1. The van der Waals surface area contributed by atoms with E-state index in [2.05, 4.69) is 49.1 Å². The summed E-state index contributed by atoms with van der Waals surface area (Å²) in [6.45, 7) is 7.48. The number of aryl methyl sites for hydroxylation is 2. The monoisotopic (exact) mass is 338 g/mol. The van der Waals surface area contributed by atoms with Crippen molar-refractivity contribution >= 4 is 0 Å². The molecule has 0 saturated carbocycles. The Hall–Kier alpha value is -1.84. The minimum atomic E-state index is 0.266. The SMILES string of the molecule is COc1ccc(CC2CC(N)CN(Cc3cc(C)ccc3C)C2)cc1. The Morgan fingerprint density at radius 2 is 1.84 bits per heavy atom. The molecule has 2 atom stereocenters. The molecule has 1 aliphatic heterocycles. The Morgan fingerprint density at radius 1 is 1.08 bits per heavy atom. The maximum absolute atomic E-state index is 6.37. The Balaban J connectivity index is 1.65. The van der Waals surface area contributed by atoms with Gasteiger partial charge in [-0.3, -0.25) is 4.90 Å². The van der Waals surface area contributed by atoms with Gasteiger partial charge in [-0.1, -0.05) is 35.9 Å². The van der Waals surface area contributed by atoms with Crippen LogP contribution < -0.4 is 10.5 Å². The first-order valence-electron chi connectivity index (χ1n) is 9.20. The molecule has 0 aromatic heterocycles. The highest BCUT2D eigenvalue weighted by Crippen LogP contribution is 2.24. The van der Waals surface area contributed by atoms with Crippen LogP contribution in [-0.2, 0) is 13.0 Å². The van der Waals surface area contributed by atoms with Crippen LogP contribution in [0.15, 0.2) is 42.5 Å². The quantitative estimate of drug-likeness (QED) is 0.903. The fourth-order valence-corrected chi connectivity index (χ4v) is 3.93. The largest absolute Gasteiger partial charge is 0.497 e. The maximum atomic E-state index is 6.37. The van der Waals surface area contributed by atoms with E-state index in [1.54, 1.807) is 7.11 Å². The fourth-order valence-electron chi connectivity index (χ4n) is 3.93. The predicted octanol–water partition coefficient (Wildman–Crippen LogP) is 3.70. The molecule has 3 nitrogen and oxygen atoms in total. The molecule has 3 rings (SSSR count). The second-order valence-electron chi connectivity index (χ2n) is 7.54. The number of likely N-dealkylation sites (tertiary alicyclic amines) is 1. The van der Waals surface area contributed by atoms with E-state index < -0.39 is 0 Å². The molecule has 2 N–H and O–H groups in total. The zero-order valence-corrected chi connectivity index (χ0v) is 15.7. The first-order valence-corrected chi connectivity index (χ1v) is 9.20. The average Bonchev–Trinajstić information content (AvgIpc) is 2.58. The molecule has 0 amide bonds. The van der Waals surface area contributed by atoms with Crippen molar-refractivity contribution in [3.05, 3.63) is 64.7 Å². The smallest absolute Gasteiger partial charge is 0.118 e. The highest BCUT2D eigenvalue weighted by Gasteiger charge is 2.25. The van der Waals surface area contributed by atoms with Crippen molar-refractivity contribution in [2.75, 3.05) is 20.2 Å². The summed E-state index contributed by atoms with van der Waals surface area (Å²) >= 11 is 0. The molecule has 1 fully saturated rings. The summed E-state index contributed by atoms with van der Waals surface area (Å²) in [5.41, 5.74) is 11.9. The van der Waals surface area contributed by atoms with E-state index in [9.17, 15) is 0 Å². The Morgan fingerprint density at radius 3 is 2.56 bits per heavy atom. The lowest BCUT2D eigenvalue weighted by atomic mass is 9.88. The number of rotatable bonds is 5. The van der Waals surface area contributed by atoms with Crippen molar-refractivity contribution in [2.45, 2.75) is 39.3 Å². The standard InChI is InChI=1S/C22H30N2O/c1-16-4-5-17(2)20(10-16)14-24-13-19(12-21(23)15-24)11-18-6-8-22(25-3)9-7-18/h4-10,19,21H,11-15,23H2,1-3H3. The Labute approximate surface area is 151 Å². The summed E-state index contributed by atoms with van der Waals surface area (Å²) in [5, 5.41) is 0. The van der Waals surface area contributed by atoms with E-state index in [-0.39, 0.29) is 6.04 Å². The molecular formula is C22H30N2O. The molecule has 2 aromatic carbocycles. The summed E-state index contributed by atoms with van der Waals surface area (Å²) in [4.78, 5) is 2.53. The summed E-state index contributed by atoms with van der Waals surface area (Å²) in [6.07, 6.45) is 2.19. The first kappa shape index (κ1) is 18.0. The molecule has 0 bridgehead atoms. The van der Waals surface area contributed by atoms with Gasteiger partial charge in [0.25, 0.3) is 0 Å². The van der Waals surface area contributed by atoms with Crippen molar-refractivity contribution < 1.29 is 4.74 Å². The average molecular weight is 338 g/mol. The van der Waals surface area contributed by atoms with Crippen molar-refractivity contribution in [2.24, 2.45) is 11.7 Å². The second kappa shape index (κ2) is 8.03. The minimum absolute atomic E-state index is 0.266. The fraction of sp³-hybridized carbons (Fsp3) is 0.455. The van der Waals surface area contributed by atoms with Crippen LogP contribution in [0.2, 0.25) is 0 Å². The summed E-state index contributed by atoms with van der Waals surface area (Å²) in [6, 6.07) is 15.4. The van der Waals surface area contributed by atoms with Crippen molar-refractivity contribution in [1.82, 2.24) is 4.90 Å². The van der Waals surface area contributed by atoms with Gasteiger partial charge in [0.05, 0.1) is 7.11 Å². The van der Waals surface area contributed by atoms with Crippen LogP contribution in [0.5, 0.6) is 5.75 Å². The Kier molecular flexibility index (Phi) is 5.77. The van der Waals surface area contributed by atoms with Gasteiger partial charge in [-0.05, 0) is 61.4 Å². The number of hydrogen-bond acceptors (Lipinski definition) is 3. The van der Waals surface area contributed by atoms with Gasteiger partial charge < -0.3 is 10.5 Å². The first-order chi connectivity index (χ1) is 12.0. The zero-order valence-electron chi connectivity index (χ0n) is 15.7. The lowest BCUT2D eigenvalue weighted by Crippen LogP contribution is -2.47. The van der Waals surface area contributed by atoms with Gasteiger partial charge >= 0.3 is 0 Å². The Bertz CT molecular complexity index is 696. The highest BCUT2D eigenvalue weighted by molar-refractivity contribution is 5.30. The van der Waals surface area contributed by atoms with Gasteiger partial charge in [0, 0.05) is 25.7 Å². The topological polar surface area (TPSA) is 38.5 Å². The molecule has 1 aliphatic rings. The lowest BCUT2D eigenvalue weighted by Gasteiger charge is -2.36. The van der Waals surface area contributed by atoms with Crippen LogP contribution in [0.25, 0.3) is 0 Å². The molecule has 2 aromatic rings. The summed E-state index contributed by atoms with van der Waals surface area (Å²) < 4.78 is 5.25. The van der Waals surface area contributed by atoms with Crippen molar-refractivity contribution in [3.63, 3.8) is 0 Å². The van der Waals surface area contributed by atoms with Gasteiger partial charge in [-0.15, -0.1) is 0 Å². The third kappa shape index (κ3) is 4.83. The molecule has 134 valence electrons. The minimum Gasteiger partial charge on any atom is -0.497 e. The maximum Gasteiger partial charge on any atom is 0.118 e. The van der Waals surface area contributed by atoms with Crippen LogP contribution in [0, 0.1) is 19.8 Å². The molecule has 1 heterocycles. The molecule has 1 saturated heterocycles. The van der Waals surface area contributed by atoms with Gasteiger partial charge in [0.1, 0.15) is 5.75 Å². The van der Waals surface area contributed by atoms with Crippen LogP contribution >= 0.6 is 0 Å². The lowest BCUT2D eigenvalue weighted by molar-refractivity contribution is 0.149. The number of benzene rings is 2. The molecule has 2 unspecified atom stereocenters. The molecule has 3 heteroatoms. The van der Waals surface area contributed by atoms with Gasteiger partial charge in [-0.2, -0.15) is 0 Å². The molecule has 0 radical (unpaired) electrons. The third-order valence-electron chi connectivity index (χ3n) is 5.23. The summed E-state index contributed by atoms with van der Waals surface area (Å²) in [7, 11) is 1.71. The van der Waals surface area contributed by atoms with E-state index in [4.69, 9.17) is 10.5 Å². The van der Waals surface area contributed by atoms with Crippen LogP contribution in [0.3, 0.4) is 0 Å². The third-order valence-corrected chi connectivity index (χ3v) is 5.23. The molecule has 0 aliphatic carbocycles. The van der Waals surface area contributed by atoms with Gasteiger partial charge in [0.15, 0.2) is 0 Å².